The van der Waals surface area contributed by atoms with Gasteiger partial charge in [0.15, 0.2) is 11.6 Å². The highest BCUT2D eigenvalue weighted by molar-refractivity contribution is 5.89. The van der Waals surface area contributed by atoms with Crippen molar-refractivity contribution < 1.29 is 19.4 Å². The van der Waals surface area contributed by atoms with Gasteiger partial charge in [0, 0.05) is 26.2 Å². The van der Waals surface area contributed by atoms with Crippen LogP contribution in [0.1, 0.15) is 19.3 Å². The molecule has 118 valence electrons. The molecule has 22 heavy (non-hydrogen) atoms. The predicted octanol–water partition coefficient (Wildman–Crippen LogP) is 1.70. The van der Waals surface area contributed by atoms with E-state index in [9.17, 15) is 9.59 Å². The fourth-order valence-electron chi connectivity index (χ4n) is 1.50. The van der Waals surface area contributed by atoms with Crippen molar-refractivity contribution in [2.45, 2.75) is 19.3 Å². The maximum atomic E-state index is 11.9. The lowest BCUT2D eigenvalue weighted by atomic mass is 10.3. The molecule has 2 N–H and O–H groups in total. The SMILES string of the molecule is CN(CCC(=O)O)C(=O)Nc1ncccc1OCCCC#N. The maximum Gasteiger partial charge on any atom is 0.322 e. The van der Waals surface area contributed by atoms with Crippen LogP contribution in [0.15, 0.2) is 18.3 Å². The minimum absolute atomic E-state index is 0.0896. The van der Waals surface area contributed by atoms with E-state index in [1.54, 1.807) is 12.1 Å². The number of carbonyl (C=O) groups excluding carboxylic acids is 1. The Bertz CT molecular complexity index is 556. The molecule has 0 aliphatic rings. The number of carboxylic acid groups (broad SMARTS) is 1. The summed E-state index contributed by atoms with van der Waals surface area (Å²) in [4.78, 5) is 27.7. The van der Waals surface area contributed by atoms with E-state index in [1.165, 1.54) is 18.1 Å². The molecule has 0 bridgehead atoms. The summed E-state index contributed by atoms with van der Waals surface area (Å²) < 4.78 is 5.48. The van der Waals surface area contributed by atoms with Crippen molar-refractivity contribution in [3.63, 3.8) is 0 Å². The number of nitrogens with one attached hydrogen (secondary N) is 1. The van der Waals surface area contributed by atoms with Gasteiger partial charge in [0.25, 0.3) is 0 Å². The largest absolute Gasteiger partial charge is 0.490 e. The van der Waals surface area contributed by atoms with Crippen molar-refractivity contribution in [2.75, 3.05) is 25.5 Å². The second-order valence-electron chi connectivity index (χ2n) is 4.46. The molecule has 1 aromatic rings. The van der Waals surface area contributed by atoms with Gasteiger partial charge in [0.2, 0.25) is 0 Å². The predicted molar refractivity (Wildman–Crippen MR) is 78.5 cm³/mol. The summed E-state index contributed by atoms with van der Waals surface area (Å²) in [5.41, 5.74) is 0. The fourth-order valence-corrected chi connectivity index (χ4v) is 1.50. The van der Waals surface area contributed by atoms with Gasteiger partial charge in [-0.1, -0.05) is 0 Å². The van der Waals surface area contributed by atoms with Crippen LogP contribution < -0.4 is 10.1 Å². The number of carboxylic acids is 1. The van der Waals surface area contributed by atoms with E-state index in [-0.39, 0.29) is 18.8 Å². The standard InChI is InChI=1S/C14H18N4O4/c1-18(9-6-12(19)20)14(21)17-13-11(5-4-8-16-13)22-10-3-2-7-15/h4-5,8H,2-3,6,9-10H2,1H3,(H,19,20)(H,16,17,21). The summed E-state index contributed by atoms with van der Waals surface area (Å²) in [6.07, 6.45) is 2.34. The van der Waals surface area contributed by atoms with Gasteiger partial charge in [-0.15, -0.1) is 0 Å². The number of unbranched alkanes of at least 4 members (excludes halogenated alkanes) is 1. The van der Waals surface area contributed by atoms with Gasteiger partial charge in [-0.25, -0.2) is 9.78 Å². The quantitative estimate of drug-likeness (QED) is 0.706. The zero-order chi connectivity index (χ0) is 16.4. The van der Waals surface area contributed by atoms with Crippen LogP contribution in [0.3, 0.4) is 0 Å². The van der Waals surface area contributed by atoms with Crippen LogP contribution in [0.4, 0.5) is 10.6 Å². The highest BCUT2D eigenvalue weighted by Crippen LogP contribution is 2.21. The Kier molecular flexibility index (Phi) is 7.19. The molecule has 0 saturated heterocycles. The first-order valence-electron chi connectivity index (χ1n) is 6.73. The van der Waals surface area contributed by atoms with Gasteiger partial charge in [-0.3, -0.25) is 10.1 Å². The Hall–Kier alpha value is -2.82. The summed E-state index contributed by atoms with van der Waals surface area (Å²) in [6.45, 7) is 0.434. The van der Waals surface area contributed by atoms with Gasteiger partial charge in [0.05, 0.1) is 19.1 Å². The normalized spacial score (nSPS) is 9.64. The number of anilines is 1. The molecule has 1 rings (SSSR count). The number of carbonyl (C=O) groups is 2. The molecule has 0 fully saturated rings. The molecule has 0 unspecified atom stereocenters. The number of ether oxygens (including phenoxy) is 1. The third-order valence-corrected chi connectivity index (χ3v) is 2.69. The van der Waals surface area contributed by atoms with Crippen LogP contribution in [0, 0.1) is 11.3 Å². The van der Waals surface area contributed by atoms with E-state index >= 15 is 0 Å². The third-order valence-electron chi connectivity index (χ3n) is 2.69. The summed E-state index contributed by atoms with van der Waals surface area (Å²) in [5.74, 6) is -0.314. The summed E-state index contributed by atoms with van der Waals surface area (Å²) >= 11 is 0. The molecule has 0 aromatic carbocycles. The van der Waals surface area contributed by atoms with E-state index in [2.05, 4.69) is 10.3 Å². The first-order chi connectivity index (χ1) is 10.5. The van der Waals surface area contributed by atoms with Gasteiger partial charge >= 0.3 is 12.0 Å². The number of nitriles is 1. The van der Waals surface area contributed by atoms with Crippen molar-refractivity contribution in [2.24, 2.45) is 0 Å². The van der Waals surface area contributed by atoms with E-state index in [4.69, 9.17) is 15.1 Å². The zero-order valence-corrected chi connectivity index (χ0v) is 12.3. The van der Waals surface area contributed by atoms with Crippen LogP contribution in [0.25, 0.3) is 0 Å². The number of rotatable bonds is 8. The number of amides is 2. The molecule has 0 radical (unpaired) electrons. The fraction of sp³-hybridized carbons (Fsp3) is 0.429. The second-order valence-corrected chi connectivity index (χ2v) is 4.46. The Labute approximate surface area is 128 Å². The monoisotopic (exact) mass is 306 g/mol. The number of nitrogens with zero attached hydrogens (tertiary/aromatic N) is 3. The number of aromatic nitrogens is 1. The minimum Gasteiger partial charge on any atom is -0.490 e. The molecule has 0 saturated carbocycles. The lowest BCUT2D eigenvalue weighted by Crippen LogP contribution is -2.33. The number of pyridine rings is 1. The molecule has 2 amide bonds. The number of hydrogen-bond acceptors (Lipinski definition) is 5. The zero-order valence-electron chi connectivity index (χ0n) is 12.3. The molecule has 0 atom stereocenters. The molecule has 1 aromatic heterocycles. The molecule has 0 aliphatic heterocycles. The first-order valence-corrected chi connectivity index (χ1v) is 6.73. The Morgan fingerprint density at radius 1 is 1.55 bits per heavy atom. The average Bonchev–Trinajstić information content (AvgIpc) is 2.50. The second kappa shape index (κ2) is 9.18. The highest BCUT2D eigenvalue weighted by atomic mass is 16.5. The van der Waals surface area contributed by atoms with E-state index in [0.29, 0.717) is 25.2 Å². The van der Waals surface area contributed by atoms with Crippen molar-refractivity contribution in [3.8, 4) is 11.8 Å². The van der Waals surface area contributed by atoms with Crippen LogP contribution in [-0.2, 0) is 4.79 Å². The van der Waals surface area contributed by atoms with E-state index < -0.39 is 12.0 Å². The van der Waals surface area contributed by atoms with Crippen LogP contribution >= 0.6 is 0 Å². The van der Waals surface area contributed by atoms with Gasteiger partial charge < -0.3 is 14.7 Å². The van der Waals surface area contributed by atoms with Gasteiger partial charge in [-0.05, 0) is 18.6 Å². The maximum absolute atomic E-state index is 11.9. The van der Waals surface area contributed by atoms with E-state index in [1.807, 2.05) is 6.07 Å². The van der Waals surface area contributed by atoms with Crippen molar-refractivity contribution >= 4 is 17.8 Å². The lowest BCUT2D eigenvalue weighted by molar-refractivity contribution is -0.137. The molecule has 1 heterocycles. The Morgan fingerprint density at radius 2 is 2.32 bits per heavy atom. The Balaban J connectivity index is 2.58. The first kappa shape index (κ1) is 17.2. The molecular formula is C14H18N4O4. The highest BCUT2D eigenvalue weighted by Gasteiger charge is 2.13. The van der Waals surface area contributed by atoms with Crippen molar-refractivity contribution in [1.29, 1.82) is 5.26 Å². The number of urea groups is 1. The van der Waals surface area contributed by atoms with Crippen LogP contribution in [0.5, 0.6) is 5.75 Å². The molecule has 0 aliphatic carbocycles. The average molecular weight is 306 g/mol. The molecule has 8 heteroatoms. The number of hydrogen-bond donors (Lipinski definition) is 2. The van der Waals surface area contributed by atoms with Gasteiger partial charge in [0.1, 0.15) is 0 Å². The van der Waals surface area contributed by atoms with Crippen LogP contribution in [-0.4, -0.2) is 47.2 Å². The minimum atomic E-state index is -0.973. The lowest BCUT2D eigenvalue weighted by Gasteiger charge is -2.17. The summed E-state index contributed by atoms with van der Waals surface area (Å²) in [7, 11) is 1.49. The molecule has 8 nitrogen and oxygen atoms in total. The molecular weight excluding hydrogens is 288 g/mol. The van der Waals surface area contributed by atoms with E-state index in [0.717, 1.165) is 0 Å². The topological polar surface area (TPSA) is 116 Å². The van der Waals surface area contributed by atoms with Crippen molar-refractivity contribution in [1.82, 2.24) is 9.88 Å². The summed E-state index contributed by atoms with van der Waals surface area (Å²) in [6, 6.07) is 4.88. The summed E-state index contributed by atoms with van der Waals surface area (Å²) in [5, 5.41) is 19.6. The van der Waals surface area contributed by atoms with Gasteiger partial charge in [-0.2, -0.15) is 5.26 Å². The number of aliphatic carboxylic acids is 1. The third kappa shape index (κ3) is 6.09. The van der Waals surface area contributed by atoms with Crippen molar-refractivity contribution in [3.05, 3.63) is 18.3 Å². The Morgan fingerprint density at radius 3 is 3.00 bits per heavy atom. The van der Waals surface area contributed by atoms with Crippen LogP contribution in [0.2, 0.25) is 0 Å². The molecule has 0 spiro atoms. The smallest absolute Gasteiger partial charge is 0.322 e.